The van der Waals surface area contributed by atoms with Gasteiger partial charge in [0, 0.05) is 33.4 Å². The van der Waals surface area contributed by atoms with Crippen LogP contribution in [-0.4, -0.2) is 14.8 Å². The van der Waals surface area contributed by atoms with E-state index in [9.17, 15) is 10.2 Å². The van der Waals surface area contributed by atoms with Gasteiger partial charge in [0.25, 0.3) is 0 Å². The second-order valence-electron chi connectivity index (χ2n) is 5.43. The van der Waals surface area contributed by atoms with E-state index in [1.807, 2.05) is 24.3 Å². The van der Waals surface area contributed by atoms with Gasteiger partial charge in [0.2, 0.25) is 0 Å². The molecule has 2 N–H and O–H groups in total. The molecule has 3 aromatic carbocycles. The van der Waals surface area contributed by atoms with Crippen LogP contribution in [0.2, 0.25) is 0 Å². The number of fused-ring (bicyclic) bond motifs is 3. The van der Waals surface area contributed by atoms with Crippen molar-refractivity contribution >= 4 is 21.8 Å². The first kappa shape index (κ1) is 12.8. The topological polar surface area (TPSA) is 45.4 Å². The third-order valence-corrected chi connectivity index (χ3v) is 4.08. The first-order valence-electron chi connectivity index (χ1n) is 7.21. The van der Waals surface area contributed by atoms with Crippen LogP contribution in [0, 0.1) is 0 Å². The van der Waals surface area contributed by atoms with E-state index in [2.05, 4.69) is 28.8 Å². The van der Waals surface area contributed by atoms with Gasteiger partial charge in [-0.15, -0.1) is 0 Å². The fourth-order valence-electron chi connectivity index (χ4n) is 3.03. The van der Waals surface area contributed by atoms with E-state index in [0.717, 1.165) is 16.6 Å². The van der Waals surface area contributed by atoms with E-state index < -0.39 is 0 Å². The summed E-state index contributed by atoms with van der Waals surface area (Å²) in [7, 11) is 0. The number of aromatic hydroxyl groups is 2. The Morgan fingerprint density at radius 2 is 1.32 bits per heavy atom. The van der Waals surface area contributed by atoms with Crippen molar-refractivity contribution < 1.29 is 10.2 Å². The standard InChI is InChI=1S/C19H15NO2/c21-14-10-9-13(19(22)11-14)12-20-17-7-3-1-5-15(17)16-6-2-4-8-18(16)20/h1-11,21-22H,12H2. The first-order valence-corrected chi connectivity index (χ1v) is 7.21. The van der Waals surface area contributed by atoms with Crippen LogP contribution in [0.4, 0.5) is 0 Å². The molecule has 0 amide bonds. The molecule has 0 atom stereocenters. The van der Waals surface area contributed by atoms with Gasteiger partial charge in [-0.1, -0.05) is 36.4 Å². The SMILES string of the molecule is Oc1ccc(Cn2c3ccccc3c3ccccc32)c(O)c1. The summed E-state index contributed by atoms with van der Waals surface area (Å²) in [4.78, 5) is 0. The Morgan fingerprint density at radius 1 is 0.727 bits per heavy atom. The highest BCUT2D eigenvalue weighted by molar-refractivity contribution is 6.08. The van der Waals surface area contributed by atoms with Crippen LogP contribution in [0.3, 0.4) is 0 Å². The second kappa shape index (κ2) is 4.81. The third kappa shape index (κ3) is 1.91. The fraction of sp³-hybridized carbons (Fsp3) is 0.0526. The molecule has 0 aliphatic carbocycles. The van der Waals surface area contributed by atoms with Crippen LogP contribution in [0.5, 0.6) is 11.5 Å². The van der Waals surface area contributed by atoms with Gasteiger partial charge < -0.3 is 14.8 Å². The number of rotatable bonds is 2. The van der Waals surface area contributed by atoms with Crippen molar-refractivity contribution in [3.05, 3.63) is 72.3 Å². The van der Waals surface area contributed by atoms with Gasteiger partial charge in [0.1, 0.15) is 11.5 Å². The predicted octanol–water partition coefficient (Wildman–Crippen LogP) is 4.25. The first-order chi connectivity index (χ1) is 10.7. The lowest BCUT2D eigenvalue weighted by atomic mass is 10.2. The van der Waals surface area contributed by atoms with Crippen molar-refractivity contribution in [2.24, 2.45) is 0 Å². The van der Waals surface area contributed by atoms with E-state index in [4.69, 9.17) is 0 Å². The van der Waals surface area contributed by atoms with Gasteiger partial charge in [-0.2, -0.15) is 0 Å². The average molecular weight is 289 g/mol. The maximum Gasteiger partial charge on any atom is 0.124 e. The molecule has 0 aliphatic rings. The zero-order valence-electron chi connectivity index (χ0n) is 11.9. The molecule has 4 rings (SSSR count). The smallest absolute Gasteiger partial charge is 0.124 e. The maximum atomic E-state index is 10.1. The van der Waals surface area contributed by atoms with Crippen molar-refractivity contribution in [2.45, 2.75) is 6.54 Å². The highest BCUT2D eigenvalue weighted by Crippen LogP contribution is 2.31. The minimum Gasteiger partial charge on any atom is -0.508 e. The van der Waals surface area contributed by atoms with Crippen LogP contribution in [0.15, 0.2) is 66.7 Å². The van der Waals surface area contributed by atoms with Crippen molar-refractivity contribution in [3.8, 4) is 11.5 Å². The Balaban J connectivity index is 1.96. The summed E-state index contributed by atoms with van der Waals surface area (Å²) < 4.78 is 2.19. The van der Waals surface area contributed by atoms with E-state index in [1.54, 1.807) is 12.1 Å². The molecule has 0 radical (unpaired) electrons. The lowest BCUT2D eigenvalue weighted by Crippen LogP contribution is -1.99. The van der Waals surface area contributed by atoms with Gasteiger partial charge in [-0.25, -0.2) is 0 Å². The predicted molar refractivity (Wildman–Crippen MR) is 88.3 cm³/mol. The van der Waals surface area contributed by atoms with Crippen LogP contribution in [0.1, 0.15) is 5.56 Å². The number of nitrogens with zero attached hydrogens (tertiary/aromatic N) is 1. The number of aromatic nitrogens is 1. The van der Waals surface area contributed by atoms with Gasteiger partial charge in [-0.05, 0) is 24.3 Å². The monoisotopic (exact) mass is 289 g/mol. The number of hydrogen-bond acceptors (Lipinski definition) is 2. The van der Waals surface area contributed by atoms with Gasteiger partial charge in [0.05, 0.1) is 6.54 Å². The Morgan fingerprint density at radius 3 is 1.91 bits per heavy atom. The molecule has 0 saturated carbocycles. The molecule has 0 aliphatic heterocycles. The summed E-state index contributed by atoms with van der Waals surface area (Å²) in [5.41, 5.74) is 3.05. The zero-order chi connectivity index (χ0) is 15.1. The van der Waals surface area contributed by atoms with Crippen LogP contribution in [-0.2, 0) is 6.54 Å². The molecule has 0 bridgehead atoms. The zero-order valence-corrected chi connectivity index (χ0v) is 11.9. The Bertz CT molecular complexity index is 932. The van der Waals surface area contributed by atoms with Crippen LogP contribution < -0.4 is 0 Å². The molecule has 0 spiro atoms. The van der Waals surface area contributed by atoms with E-state index in [0.29, 0.717) is 6.54 Å². The molecule has 0 fully saturated rings. The maximum absolute atomic E-state index is 10.1. The molecule has 108 valence electrons. The largest absolute Gasteiger partial charge is 0.508 e. The highest BCUT2D eigenvalue weighted by Gasteiger charge is 2.11. The summed E-state index contributed by atoms with van der Waals surface area (Å²) in [6.07, 6.45) is 0. The van der Waals surface area contributed by atoms with Crippen molar-refractivity contribution in [3.63, 3.8) is 0 Å². The number of para-hydroxylation sites is 2. The molecule has 1 aromatic heterocycles. The Kier molecular flexibility index (Phi) is 2.79. The number of phenols is 2. The molecule has 3 heteroatoms. The molecule has 22 heavy (non-hydrogen) atoms. The molecule has 1 heterocycles. The van der Waals surface area contributed by atoms with Gasteiger partial charge >= 0.3 is 0 Å². The van der Waals surface area contributed by atoms with E-state index in [-0.39, 0.29) is 11.5 Å². The van der Waals surface area contributed by atoms with Crippen LogP contribution in [0.25, 0.3) is 21.8 Å². The third-order valence-electron chi connectivity index (χ3n) is 4.08. The minimum atomic E-state index is 0.0727. The lowest BCUT2D eigenvalue weighted by Gasteiger charge is -2.09. The lowest BCUT2D eigenvalue weighted by molar-refractivity contribution is 0.445. The number of phenolic OH excluding ortho intramolecular Hbond substituents is 2. The summed E-state index contributed by atoms with van der Waals surface area (Å²) in [6.45, 7) is 0.556. The van der Waals surface area contributed by atoms with Gasteiger partial charge in [0.15, 0.2) is 0 Å². The number of hydrogen-bond donors (Lipinski definition) is 2. The number of benzene rings is 3. The molecule has 3 nitrogen and oxygen atoms in total. The van der Waals surface area contributed by atoms with Crippen molar-refractivity contribution in [1.29, 1.82) is 0 Å². The summed E-state index contributed by atoms with van der Waals surface area (Å²) in [6, 6.07) is 21.3. The highest BCUT2D eigenvalue weighted by atomic mass is 16.3. The van der Waals surface area contributed by atoms with E-state index >= 15 is 0 Å². The van der Waals surface area contributed by atoms with E-state index in [1.165, 1.54) is 16.8 Å². The van der Waals surface area contributed by atoms with Gasteiger partial charge in [-0.3, -0.25) is 0 Å². The van der Waals surface area contributed by atoms with Crippen LogP contribution >= 0.6 is 0 Å². The summed E-state index contributed by atoms with van der Waals surface area (Å²) in [5.74, 6) is 0.185. The molecule has 4 aromatic rings. The summed E-state index contributed by atoms with van der Waals surface area (Å²) >= 11 is 0. The molecular weight excluding hydrogens is 274 g/mol. The Hall–Kier alpha value is -2.94. The second-order valence-corrected chi connectivity index (χ2v) is 5.43. The Labute approximate surface area is 127 Å². The minimum absolute atomic E-state index is 0.0727. The summed E-state index contributed by atoms with van der Waals surface area (Å²) in [5, 5.41) is 21.9. The molecule has 0 unspecified atom stereocenters. The quantitative estimate of drug-likeness (QED) is 0.579. The fourth-order valence-corrected chi connectivity index (χ4v) is 3.03. The van der Waals surface area contributed by atoms with Crippen molar-refractivity contribution in [2.75, 3.05) is 0 Å². The molecular formula is C19H15NO2. The van der Waals surface area contributed by atoms with Crippen molar-refractivity contribution in [1.82, 2.24) is 4.57 Å². The average Bonchev–Trinajstić information content (AvgIpc) is 2.85. The normalized spacial score (nSPS) is 11.3. The molecule has 0 saturated heterocycles.